The Kier molecular flexibility index (Phi) is 11.8. The first kappa shape index (κ1) is 33.9. The molecule has 0 radical (unpaired) electrons. The molecule has 6 rings (SSSR count). The number of methoxy groups -OCH3 is 2. The Morgan fingerprint density at radius 3 is 2.27 bits per heavy atom. The van der Waals surface area contributed by atoms with Gasteiger partial charge in [0.1, 0.15) is 0 Å². The fraction of sp³-hybridized carbons (Fsp3) is 0.613. The smallest absolute Gasteiger partial charge is 0.227 e. The summed E-state index contributed by atoms with van der Waals surface area (Å²) in [6, 6.07) is 6.92. The molecule has 44 heavy (non-hydrogen) atoms. The molecule has 0 unspecified atom stereocenters. The van der Waals surface area contributed by atoms with E-state index in [1.165, 1.54) is 12.8 Å². The highest BCUT2D eigenvalue weighted by Gasteiger charge is 2.27. The molecule has 242 valence electrons. The predicted octanol–water partition coefficient (Wildman–Crippen LogP) is 5.13. The molecule has 1 amide bonds. The summed E-state index contributed by atoms with van der Waals surface area (Å²) in [4.78, 5) is 29.8. The van der Waals surface area contributed by atoms with E-state index >= 15 is 0 Å². The van der Waals surface area contributed by atoms with Crippen LogP contribution in [0.1, 0.15) is 75.8 Å². The molecular formula is C31H46Cl2N8O3. The van der Waals surface area contributed by atoms with Crippen LogP contribution in [0.2, 0.25) is 0 Å². The van der Waals surface area contributed by atoms with Gasteiger partial charge in [-0.3, -0.25) is 4.79 Å². The van der Waals surface area contributed by atoms with Gasteiger partial charge in [0, 0.05) is 37.3 Å². The Hall–Kier alpha value is -3.02. The lowest BCUT2D eigenvalue weighted by Crippen LogP contribution is -2.43. The van der Waals surface area contributed by atoms with Crippen LogP contribution in [0.4, 0.5) is 11.8 Å². The largest absolute Gasteiger partial charge is 0.493 e. The minimum Gasteiger partial charge on any atom is -0.493 e. The lowest BCUT2D eigenvalue weighted by molar-refractivity contribution is -0.131. The van der Waals surface area contributed by atoms with Crippen molar-refractivity contribution >= 4 is 53.7 Å². The minimum absolute atomic E-state index is 0. The predicted molar refractivity (Wildman–Crippen MR) is 178 cm³/mol. The molecule has 4 N–H and O–H groups in total. The van der Waals surface area contributed by atoms with Gasteiger partial charge in [0.15, 0.2) is 28.5 Å². The Morgan fingerprint density at radius 1 is 0.909 bits per heavy atom. The maximum Gasteiger partial charge on any atom is 0.227 e. The summed E-state index contributed by atoms with van der Waals surface area (Å²) in [6.07, 6.45) is 12.9. The molecule has 1 saturated heterocycles. The molecular weight excluding hydrogens is 603 g/mol. The number of benzene rings is 1. The summed E-state index contributed by atoms with van der Waals surface area (Å²) >= 11 is 0. The number of carbonyl (C=O) groups excluding carboxylic acids is 1. The number of imidazole rings is 1. The zero-order valence-electron chi connectivity index (χ0n) is 25.7. The monoisotopic (exact) mass is 648 g/mol. The van der Waals surface area contributed by atoms with Gasteiger partial charge in [0.25, 0.3) is 0 Å². The van der Waals surface area contributed by atoms with E-state index in [9.17, 15) is 4.79 Å². The molecule has 0 bridgehead atoms. The van der Waals surface area contributed by atoms with E-state index in [-0.39, 0.29) is 36.8 Å². The number of anilines is 2. The Labute approximate surface area is 271 Å². The Balaban J connectivity index is 0.00000221. The Morgan fingerprint density at radius 2 is 1.59 bits per heavy atom. The summed E-state index contributed by atoms with van der Waals surface area (Å²) in [6.45, 7) is 1.39. The number of amides is 1. The van der Waals surface area contributed by atoms with Crippen LogP contribution >= 0.6 is 24.8 Å². The van der Waals surface area contributed by atoms with Gasteiger partial charge in [-0.2, -0.15) is 9.97 Å². The number of carbonyl (C=O) groups is 1. The van der Waals surface area contributed by atoms with E-state index in [1.54, 1.807) is 14.2 Å². The summed E-state index contributed by atoms with van der Waals surface area (Å²) in [7, 11) is 3.22. The quantitative estimate of drug-likeness (QED) is 0.289. The van der Waals surface area contributed by atoms with Gasteiger partial charge in [-0.15, -0.1) is 24.8 Å². The second-order valence-electron chi connectivity index (χ2n) is 12.1. The number of likely N-dealkylation sites (tertiary alicyclic amines) is 1. The Bertz CT molecular complexity index is 1380. The SMILES string of the molecule is COc1ccc(CC(=O)N2CCC(Nc3nc(NC4CCC(N)CC4)nc4c3ncn4C3CCCC3)CC2)cc1OC.Cl.Cl. The van der Waals surface area contributed by atoms with Crippen LogP contribution in [0.15, 0.2) is 24.5 Å². The normalized spacial score (nSPS) is 20.9. The van der Waals surface area contributed by atoms with Crippen LogP contribution in [0.5, 0.6) is 11.5 Å². The van der Waals surface area contributed by atoms with Gasteiger partial charge < -0.3 is 35.3 Å². The number of rotatable bonds is 9. The summed E-state index contributed by atoms with van der Waals surface area (Å²) in [5.74, 6) is 2.86. The maximum atomic E-state index is 13.1. The molecule has 2 saturated carbocycles. The van der Waals surface area contributed by atoms with Crippen molar-refractivity contribution in [1.29, 1.82) is 0 Å². The van der Waals surface area contributed by atoms with Crippen LogP contribution in [0.25, 0.3) is 11.2 Å². The highest BCUT2D eigenvalue weighted by atomic mass is 35.5. The number of piperidine rings is 1. The molecule has 1 aromatic carbocycles. The second kappa shape index (κ2) is 15.3. The van der Waals surface area contributed by atoms with Gasteiger partial charge in [0.2, 0.25) is 11.9 Å². The van der Waals surface area contributed by atoms with E-state index in [0.29, 0.717) is 55.1 Å². The van der Waals surface area contributed by atoms with Crippen molar-refractivity contribution in [1.82, 2.24) is 24.4 Å². The van der Waals surface area contributed by atoms with Crippen molar-refractivity contribution in [3.8, 4) is 11.5 Å². The summed E-state index contributed by atoms with van der Waals surface area (Å²) in [5.41, 5.74) is 8.78. The molecule has 11 nitrogen and oxygen atoms in total. The molecule has 1 aliphatic heterocycles. The minimum atomic E-state index is 0. The lowest BCUT2D eigenvalue weighted by Gasteiger charge is -2.33. The van der Waals surface area contributed by atoms with E-state index in [0.717, 1.165) is 73.9 Å². The molecule has 3 heterocycles. The zero-order chi connectivity index (χ0) is 29.1. The highest BCUT2D eigenvalue weighted by molar-refractivity contribution is 5.86. The van der Waals surface area contributed by atoms with E-state index in [2.05, 4.69) is 15.2 Å². The van der Waals surface area contributed by atoms with Crippen molar-refractivity contribution < 1.29 is 14.3 Å². The number of nitrogens with zero attached hydrogens (tertiary/aromatic N) is 5. The first-order valence-electron chi connectivity index (χ1n) is 15.5. The third-order valence-corrected chi connectivity index (χ3v) is 9.24. The first-order chi connectivity index (χ1) is 20.5. The molecule has 3 aromatic rings. The summed E-state index contributed by atoms with van der Waals surface area (Å²) < 4.78 is 13.0. The second-order valence-corrected chi connectivity index (χ2v) is 12.1. The van der Waals surface area contributed by atoms with Gasteiger partial charge >= 0.3 is 0 Å². The van der Waals surface area contributed by atoms with E-state index in [4.69, 9.17) is 30.2 Å². The third-order valence-electron chi connectivity index (χ3n) is 9.24. The number of hydrogen-bond donors (Lipinski definition) is 3. The van der Waals surface area contributed by atoms with Crippen LogP contribution < -0.4 is 25.8 Å². The van der Waals surface area contributed by atoms with Crippen molar-refractivity contribution in [2.75, 3.05) is 37.9 Å². The number of nitrogens with one attached hydrogen (secondary N) is 2. The fourth-order valence-corrected chi connectivity index (χ4v) is 6.72. The standard InChI is InChI=1S/C31H44N8O3.2ClH/c1-41-25-12-7-20(17-26(25)42-2)18-27(40)38-15-13-23(14-16-38)34-29-28-30(39(19-33-28)24-5-3-4-6-24)37-31(36-29)35-22-10-8-21(32)9-11-22;;/h7,12,17,19,21-24H,3-6,8-11,13-16,18,32H2,1-2H3,(H2,34,35,36,37);2*1H. The van der Waals surface area contributed by atoms with Crippen molar-refractivity contribution in [3.05, 3.63) is 30.1 Å². The topological polar surface area (TPSA) is 132 Å². The van der Waals surface area contributed by atoms with Gasteiger partial charge in [-0.1, -0.05) is 18.9 Å². The number of halogens is 2. The number of ether oxygens (including phenoxy) is 2. The molecule has 3 fully saturated rings. The van der Waals surface area contributed by atoms with Crippen molar-refractivity contribution in [2.24, 2.45) is 5.73 Å². The molecule has 2 aromatic heterocycles. The fourth-order valence-electron chi connectivity index (χ4n) is 6.72. The van der Waals surface area contributed by atoms with Gasteiger partial charge in [0.05, 0.1) is 27.0 Å². The van der Waals surface area contributed by atoms with Crippen LogP contribution in [-0.2, 0) is 11.2 Å². The first-order valence-corrected chi connectivity index (χ1v) is 15.5. The van der Waals surface area contributed by atoms with Crippen LogP contribution in [0, 0.1) is 0 Å². The molecule has 0 spiro atoms. The van der Waals surface area contributed by atoms with Crippen molar-refractivity contribution in [3.63, 3.8) is 0 Å². The average molecular weight is 650 g/mol. The zero-order valence-corrected chi connectivity index (χ0v) is 27.3. The molecule has 3 aliphatic rings. The third kappa shape index (κ3) is 7.61. The van der Waals surface area contributed by atoms with E-state index < -0.39 is 0 Å². The summed E-state index contributed by atoms with van der Waals surface area (Å²) in [5, 5.41) is 7.30. The molecule has 0 atom stereocenters. The number of aromatic nitrogens is 4. The average Bonchev–Trinajstić information content (AvgIpc) is 3.69. The van der Waals surface area contributed by atoms with Crippen molar-refractivity contribution in [2.45, 2.75) is 94.8 Å². The number of fused-ring (bicyclic) bond motifs is 1. The molecule has 2 aliphatic carbocycles. The van der Waals surface area contributed by atoms with Gasteiger partial charge in [-0.25, -0.2) is 4.98 Å². The maximum absolute atomic E-state index is 13.1. The van der Waals surface area contributed by atoms with Crippen LogP contribution in [-0.4, -0.2) is 75.8 Å². The van der Waals surface area contributed by atoms with Gasteiger partial charge in [-0.05, 0) is 69.1 Å². The number of nitrogens with two attached hydrogens (primary N) is 1. The van der Waals surface area contributed by atoms with Crippen LogP contribution in [0.3, 0.4) is 0 Å². The number of hydrogen-bond acceptors (Lipinski definition) is 9. The lowest BCUT2D eigenvalue weighted by atomic mass is 9.92. The van der Waals surface area contributed by atoms with E-state index in [1.807, 2.05) is 29.4 Å². The molecule has 13 heteroatoms. The highest BCUT2D eigenvalue weighted by Crippen LogP contribution is 2.34.